The highest BCUT2D eigenvalue weighted by Crippen LogP contribution is 2.12. The predicted octanol–water partition coefficient (Wildman–Crippen LogP) is 1.67. The van der Waals surface area contributed by atoms with Crippen molar-refractivity contribution in [2.45, 2.75) is 6.92 Å². The van der Waals surface area contributed by atoms with Gasteiger partial charge in [-0.05, 0) is 18.6 Å². The molecule has 0 bridgehead atoms. The topological polar surface area (TPSA) is 59.8 Å². The van der Waals surface area contributed by atoms with E-state index in [1.807, 2.05) is 31.2 Å². The molecule has 0 unspecified atom stereocenters. The molecule has 2 aromatic rings. The van der Waals surface area contributed by atoms with Crippen LogP contribution in [0.25, 0.3) is 0 Å². The molecular formula is C10H10N4O. The number of aromatic nitrogens is 3. The largest absolute Gasteiger partial charge is 0.363 e. The number of aryl methyl sites for hydroxylation is 1. The van der Waals surface area contributed by atoms with Crippen molar-refractivity contribution in [1.82, 2.24) is 15.0 Å². The second-order valence-corrected chi connectivity index (χ2v) is 3.06. The summed E-state index contributed by atoms with van der Waals surface area (Å²) in [6.45, 7) is 1.92. The molecule has 0 aliphatic carbocycles. The molecule has 1 N–H and O–H groups in total. The number of benzene rings is 1. The van der Waals surface area contributed by atoms with E-state index in [-0.39, 0.29) is 6.03 Å². The number of nitrogens with one attached hydrogen (secondary N) is 1. The van der Waals surface area contributed by atoms with Gasteiger partial charge in [-0.1, -0.05) is 23.0 Å². The maximum absolute atomic E-state index is 11.6. The third-order valence-corrected chi connectivity index (χ3v) is 1.99. The first-order valence-corrected chi connectivity index (χ1v) is 4.50. The second-order valence-electron chi connectivity index (χ2n) is 3.06. The molecule has 0 aliphatic rings. The minimum atomic E-state index is -0.366. The molecule has 0 atom stereocenters. The quantitative estimate of drug-likeness (QED) is 0.765. The molecule has 5 nitrogen and oxygen atoms in total. The average Bonchev–Trinajstić information content (AvgIpc) is 2.74. The first-order chi connectivity index (χ1) is 7.27. The Hall–Kier alpha value is -2.17. The van der Waals surface area contributed by atoms with Crippen LogP contribution in [-0.4, -0.2) is 21.0 Å². The van der Waals surface area contributed by atoms with Gasteiger partial charge in [0, 0.05) is 5.69 Å². The average molecular weight is 202 g/mol. The molecule has 1 aromatic carbocycles. The molecule has 5 heteroatoms. The van der Waals surface area contributed by atoms with Crippen molar-refractivity contribution in [3.8, 4) is 0 Å². The molecule has 1 aromatic heterocycles. The van der Waals surface area contributed by atoms with Crippen molar-refractivity contribution in [2.24, 2.45) is 0 Å². The van der Waals surface area contributed by atoms with Crippen molar-refractivity contribution in [1.29, 1.82) is 0 Å². The second kappa shape index (κ2) is 3.91. The van der Waals surface area contributed by atoms with E-state index in [1.165, 1.54) is 12.4 Å². The van der Waals surface area contributed by atoms with Crippen LogP contribution in [0.2, 0.25) is 0 Å². The Bertz CT molecular complexity index is 464. The van der Waals surface area contributed by atoms with Crippen LogP contribution in [-0.2, 0) is 0 Å². The molecule has 0 fully saturated rings. The van der Waals surface area contributed by atoms with Crippen LogP contribution in [0.4, 0.5) is 10.5 Å². The van der Waals surface area contributed by atoms with Crippen LogP contribution in [0, 0.1) is 6.92 Å². The van der Waals surface area contributed by atoms with Crippen LogP contribution in [0.3, 0.4) is 0 Å². The highest BCUT2D eigenvalue weighted by molar-refractivity contribution is 5.90. The van der Waals surface area contributed by atoms with Gasteiger partial charge in [0.1, 0.15) is 0 Å². The van der Waals surface area contributed by atoms with Gasteiger partial charge >= 0.3 is 6.03 Å². The molecular weight excluding hydrogens is 192 g/mol. The Labute approximate surface area is 86.7 Å². The van der Waals surface area contributed by atoms with E-state index in [0.29, 0.717) is 0 Å². The molecule has 76 valence electrons. The summed E-state index contributed by atoms with van der Waals surface area (Å²) in [6.07, 6.45) is 2.91. The molecule has 15 heavy (non-hydrogen) atoms. The number of carbonyl (C=O) groups is 1. The van der Waals surface area contributed by atoms with Crippen LogP contribution >= 0.6 is 0 Å². The molecule has 0 saturated carbocycles. The summed E-state index contributed by atoms with van der Waals surface area (Å²) in [7, 11) is 0. The SMILES string of the molecule is Cc1ccccc1NC(=O)n1nccn1. The number of hydrogen-bond donors (Lipinski definition) is 1. The number of rotatable bonds is 1. The number of nitrogens with zero attached hydrogens (tertiary/aromatic N) is 3. The van der Waals surface area contributed by atoms with E-state index >= 15 is 0 Å². The van der Waals surface area contributed by atoms with Gasteiger partial charge in [0.2, 0.25) is 0 Å². The normalized spacial score (nSPS) is 9.93. The summed E-state index contributed by atoms with van der Waals surface area (Å²) in [5, 5.41) is 10.2. The van der Waals surface area contributed by atoms with E-state index in [4.69, 9.17) is 0 Å². The molecule has 2 rings (SSSR count). The van der Waals surface area contributed by atoms with Crippen molar-refractivity contribution in [3.63, 3.8) is 0 Å². The molecule has 0 radical (unpaired) electrons. The Morgan fingerprint density at radius 3 is 2.60 bits per heavy atom. The number of para-hydroxylation sites is 1. The van der Waals surface area contributed by atoms with Crippen LogP contribution in [0.15, 0.2) is 36.7 Å². The summed E-state index contributed by atoms with van der Waals surface area (Å²) >= 11 is 0. The number of carbonyl (C=O) groups excluding carboxylic acids is 1. The van der Waals surface area contributed by atoms with E-state index in [2.05, 4.69) is 15.5 Å². The zero-order chi connectivity index (χ0) is 10.7. The van der Waals surface area contributed by atoms with E-state index < -0.39 is 0 Å². The van der Waals surface area contributed by atoms with Crippen molar-refractivity contribution < 1.29 is 4.79 Å². The lowest BCUT2D eigenvalue weighted by molar-refractivity contribution is 0.247. The zero-order valence-electron chi connectivity index (χ0n) is 8.21. The predicted molar refractivity (Wildman–Crippen MR) is 55.6 cm³/mol. The van der Waals surface area contributed by atoms with Gasteiger partial charge in [0.05, 0.1) is 12.4 Å². The third-order valence-electron chi connectivity index (χ3n) is 1.99. The van der Waals surface area contributed by atoms with E-state index in [1.54, 1.807) is 0 Å². The van der Waals surface area contributed by atoms with Gasteiger partial charge in [-0.3, -0.25) is 0 Å². The fourth-order valence-electron chi connectivity index (χ4n) is 1.20. The summed E-state index contributed by atoms with van der Waals surface area (Å²) < 4.78 is 0. The smallest absolute Gasteiger partial charge is 0.305 e. The lowest BCUT2D eigenvalue weighted by Gasteiger charge is -2.06. The summed E-state index contributed by atoms with van der Waals surface area (Å²) in [6, 6.07) is 7.16. The maximum Gasteiger partial charge on any atom is 0.363 e. The third kappa shape index (κ3) is 2.01. The fraction of sp³-hybridized carbons (Fsp3) is 0.100. The fourth-order valence-corrected chi connectivity index (χ4v) is 1.20. The van der Waals surface area contributed by atoms with Crippen molar-refractivity contribution in [3.05, 3.63) is 42.2 Å². The van der Waals surface area contributed by atoms with Crippen molar-refractivity contribution >= 4 is 11.7 Å². The lowest BCUT2D eigenvalue weighted by Crippen LogP contribution is -2.22. The first-order valence-electron chi connectivity index (χ1n) is 4.50. The van der Waals surface area contributed by atoms with Gasteiger partial charge in [-0.15, -0.1) is 0 Å². The Kier molecular flexibility index (Phi) is 2.45. The Morgan fingerprint density at radius 2 is 1.93 bits per heavy atom. The monoisotopic (exact) mass is 202 g/mol. The zero-order valence-corrected chi connectivity index (χ0v) is 8.21. The standard InChI is InChI=1S/C10H10N4O/c1-8-4-2-3-5-9(8)13-10(15)14-11-6-7-12-14/h2-7H,1H3,(H,13,15). The molecule has 0 spiro atoms. The minimum absolute atomic E-state index is 0.366. The lowest BCUT2D eigenvalue weighted by atomic mass is 10.2. The molecule has 1 heterocycles. The summed E-state index contributed by atoms with van der Waals surface area (Å²) in [5.74, 6) is 0. The summed E-state index contributed by atoms with van der Waals surface area (Å²) in [4.78, 5) is 12.6. The van der Waals surface area contributed by atoms with Crippen LogP contribution < -0.4 is 5.32 Å². The molecule has 0 saturated heterocycles. The van der Waals surface area contributed by atoms with Gasteiger partial charge in [0.25, 0.3) is 0 Å². The van der Waals surface area contributed by atoms with Crippen LogP contribution in [0.5, 0.6) is 0 Å². The number of anilines is 1. The van der Waals surface area contributed by atoms with Gasteiger partial charge in [-0.25, -0.2) is 4.79 Å². The van der Waals surface area contributed by atoms with Gasteiger partial charge < -0.3 is 5.32 Å². The van der Waals surface area contributed by atoms with Gasteiger partial charge in [-0.2, -0.15) is 10.2 Å². The summed E-state index contributed by atoms with van der Waals surface area (Å²) in [5.41, 5.74) is 1.76. The Morgan fingerprint density at radius 1 is 1.27 bits per heavy atom. The highest BCUT2D eigenvalue weighted by Gasteiger charge is 2.06. The van der Waals surface area contributed by atoms with E-state index in [9.17, 15) is 4.79 Å². The number of amides is 1. The minimum Gasteiger partial charge on any atom is -0.305 e. The van der Waals surface area contributed by atoms with Crippen molar-refractivity contribution in [2.75, 3.05) is 5.32 Å². The Balaban J connectivity index is 2.17. The first kappa shape index (κ1) is 9.39. The highest BCUT2D eigenvalue weighted by atomic mass is 16.2. The molecule has 1 amide bonds. The van der Waals surface area contributed by atoms with E-state index in [0.717, 1.165) is 16.0 Å². The van der Waals surface area contributed by atoms with Crippen LogP contribution in [0.1, 0.15) is 5.56 Å². The number of hydrogen-bond acceptors (Lipinski definition) is 3. The molecule has 0 aliphatic heterocycles. The maximum atomic E-state index is 11.6. The van der Waals surface area contributed by atoms with Gasteiger partial charge in [0.15, 0.2) is 0 Å².